The van der Waals surface area contributed by atoms with Crippen molar-refractivity contribution >= 4 is 22.0 Å². The number of aromatic amines is 1. The van der Waals surface area contributed by atoms with E-state index in [2.05, 4.69) is 20.9 Å². The van der Waals surface area contributed by atoms with Crippen molar-refractivity contribution in [2.75, 3.05) is 13.2 Å². The summed E-state index contributed by atoms with van der Waals surface area (Å²) in [5.74, 6) is 0. The highest BCUT2D eigenvalue weighted by Gasteiger charge is 2.47. The summed E-state index contributed by atoms with van der Waals surface area (Å²) in [7, 11) is 0. The number of aliphatic hydroxyl groups is 5. The van der Waals surface area contributed by atoms with E-state index in [1.165, 1.54) is 17.3 Å². The van der Waals surface area contributed by atoms with Crippen LogP contribution < -0.4 is 11.2 Å². The van der Waals surface area contributed by atoms with Gasteiger partial charge in [-0.15, -0.1) is 0 Å². The smallest absolute Gasteiger partial charge is 0.330 e. The third-order valence-electron chi connectivity index (χ3n) is 4.77. The molecule has 2 aliphatic heterocycles. The van der Waals surface area contributed by atoms with E-state index in [4.69, 9.17) is 19.3 Å². The van der Waals surface area contributed by atoms with Crippen molar-refractivity contribution in [2.45, 2.75) is 49.1 Å². The van der Waals surface area contributed by atoms with Crippen LogP contribution in [0.25, 0.3) is 6.08 Å². The van der Waals surface area contributed by atoms with Gasteiger partial charge in [0.15, 0.2) is 12.5 Å². The van der Waals surface area contributed by atoms with Gasteiger partial charge in [-0.2, -0.15) is 0 Å². The van der Waals surface area contributed by atoms with Crippen molar-refractivity contribution in [3.05, 3.63) is 37.6 Å². The number of aromatic nitrogens is 2. The van der Waals surface area contributed by atoms with Crippen LogP contribution in [0.15, 0.2) is 20.8 Å². The minimum absolute atomic E-state index is 0.109. The first-order valence-electron chi connectivity index (χ1n) is 8.66. The monoisotopic (exact) mass is 480 g/mol. The molecular formula is C16H21BrN2O10. The van der Waals surface area contributed by atoms with Crippen LogP contribution in [0.5, 0.6) is 0 Å². The molecule has 12 nitrogen and oxygen atoms in total. The Hall–Kier alpha value is -1.42. The Labute approximate surface area is 171 Å². The number of nitrogens with zero attached hydrogens (tertiary/aromatic N) is 1. The minimum atomic E-state index is -1.52. The topological polar surface area (TPSA) is 184 Å². The van der Waals surface area contributed by atoms with Crippen LogP contribution in [-0.2, 0) is 14.2 Å². The van der Waals surface area contributed by atoms with E-state index >= 15 is 0 Å². The van der Waals surface area contributed by atoms with E-state index in [0.29, 0.717) is 0 Å². The molecule has 2 saturated heterocycles. The van der Waals surface area contributed by atoms with E-state index in [9.17, 15) is 30.0 Å². The number of rotatable bonds is 6. The second-order valence-corrected chi connectivity index (χ2v) is 7.16. The first-order chi connectivity index (χ1) is 13.8. The van der Waals surface area contributed by atoms with E-state index in [1.807, 2.05) is 0 Å². The normalized spacial score (nSPS) is 37.6. The van der Waals surface area contributed by atoms with Gasteiger partial charge in [0.1, 0.15) is 36.6 Å². The Kier molecular flexibility index (Phi) is 7.03. The van der Waals surface area contributed by atoms with Crippen LogP contribution in [-0.4, -0.2) is 91.2 Å². The zero-order valence-electron chi connectivity index (χ0n) is 14.9. The molecule has 3 rings (SSSR count). The Balaban J connectivity index is 1.72. The fourth-order valence-corrected chi connectivity index (χ4v) is 3.45. The lowest BCUT2D eigenvalue weighted by Gasteiger charge is -2.20. The van der Waals surface area contributed by atoms with Gasteiger partial charge in [-0.05, 0) is 11.1 Å². The van der Waals surface area contributed by atoms with Crippen molar-refractivity contribution in [2.24, 2.45) is 0 Å². The number of H-pyrrole nitrogens is 1. The molecular weight excluding hydrogens is 460 g/mol. The van der Waals surface area contributed by atoms with Gasteiger partial charge in [-0.1, -0.05) is 15.9 Å². The summed E-state index contributed by atoms with van der Waals surface area (Å²) in [6.07, 6.45) is -7.90. The summed E-state index contributed by atoms with van der Waals surface area (Å²) in [6, 6.07) is 0. The summed E-state index contributed by atoms with van der Waals surface area (Å²) in [4.78, 5) is 27.4. The van der Waals surface area contributed by atoms with Gasteiger partial charge in [0.05, 0.1) is 18.8 Å². The zero-order valence-corrected chi connectivity index (χ0v) is 16.5. The molecule has 2 fully saturated rings. The molecule has 0 aliphatic carbocycles. The maximum absolute atomic E-state index is 12.1. The summed E-state index contributed by atoms with van der Waals surface area (Å²) in [6.45, 7) is -0.880. The Morgan fingerprint density at radius 2 is 1.79 bits per heavy atom. The second-order valence-electron chi connectivity index (χ2n) is 6.63. The second kappa shape index (κ2) is 9.16. The fraction of sp³-hybridized carbons (Fsp3) is 0.625. The lowest BCUT2D eigenvalue weighted by atomic mass is 10.1. The van der Waals surface area contributed by atoms with Gasteiger partial charge in [0.2, 0.25) is 0 Å². The lowest BCUT2D eigenvalue weighted by molar-refractivity contribution is -0.190. The number of hydrogen-bond acceptors (Lipinski definition) is 10. The maximum Gasteiger partial charge on any atom is 0.330 e. The highest BCUT2D eigenvalue weighted by atomic mass is 79.9. The molecule has 0 radical (unpaired) electrons. The van der Waals surface area contributed by atoms with E-state index in [0.717, 1.165) is 4.57 Å². The van der Waals surface area contributed by atoms with Crippen LogP contribution in [0.4, 0.5) is 0 Å². The molecule has 1 aromatic heterocycles. The minimum Gasteiger partial charge on any atom is -0.394 e. The third kappa shape index (κ3) is 4.38. The first-order valence-corrected chi connectivity index (χ1v) is 9.58. The SMILES string of the molecule is O=c1[nH]c(=O)n([C@@H]2O[C@H](COC3O[C@H](CO)[C@@H](O)[C@@H]3O)[C@@H](O)[C@H]2O)cc1/C=C/Br. The Morgan fingerprint density at radius 3 is 2.41 bits per heavy atom. The fourth-order valence-electron chi connectivity index (χ4n) is 3.17. The van der Waals surface area contributed by atoms with Crippen LogP contribution in [0, 0.1) is 0 Å². The summed E-state index contributed by atoms with van der Waals surface area (Å²) < 4.78 is 16.9. The van der Waals surface area contributed by atoms with Crippen LogP contribution in [0.2, 0.25) is 0 Å². The summed E-state index contributed by atoms with van der Waals surface area (Å²) in [5, 5.41) is 49.2. The molecule has 1 aromatic rings. The Bertz CT molecular complexity index is 857. The third-order valence-corrected chi connectivity index (χ3v) is 5.04. The van der Waals surface area contributed by atoms with Gasteiger partial charge in [-0.25, -0.2) is 4.79 Å². The van der Waals surface area contributed by atoms with Crippen molar-refractivity contribution in [3.8, 4) is 0 Å². The molecule has 1 unspecified atom stereocenters. The molecule has 29 heavy (non-hydrogen) atoms. The van der Waals surface area contributed by atoms with Gasteiger partial charge >= 0.3 is 5.69 Å². The molecule has 3 heterocycles. The molecule has 0 aromatic carbocycles. The highest BCUT2D eigenvalue weighted by Crippen LogP contribution is 2.30. The van der Waals surface area contributed by atoms with Gasteiger partial charge in [0.25, 0.3) is 5.56 Å². The van der Waals surface area contributed by atoms with Crippen molar-refractivity contribution in [1.29, 1.82) is 0 Å². The standard InChI is InChI=1S/C16H21BrN2O10/c17-2-1-6-3-19(16(26)18-13(6)25)14-11(23)10(22)8(28-14)5-27-15-12(24)9(21)7(4-20)29-15/h1-3,7-12,14-15,20-24H,4-5H2,(H,18,25,26)/b2-1+/t7-,8-,9-,10-,11-,12+,14-,15?/m1/s1. The van der Waals surface area contributed by atoms with Crippen molar-refractivity contribution in [1.82, 2.24) is 9.55 Å². The Morgan fingerprint density at radius 1 is 1.10 bits per heavy atom. The molecule has 0 spiro atoms. The molecule has 162 valence electrons. The molecule has 0 bridgehead atoms. The average Bonchev–Trinajstić information content (AvgIpc) is 3.13. The van der Waals surface area contributed by atoms with Gasteiger partial charge in [0, 0.05) is 6.20 Å². The predicted octanol–water partition coefficient (Wildman–Crippen LogP) is -3.02. The first kappa shape index (κ1) is 22.3. The summed E-state index contributed by atoms with van der Waals surface area (Å²) >= 11 is 3.03. The van der Waals surface area contributed by atoms with Crippen LogP contribution in [0.3, 0.4) is 0 Å². The number of halogens is 1. The number of aliphatic hydroxyl groups excluding tert-OH is 5. The lowest BCUT2D eigenvalue weighted by Crippen LogP contribution is -2.39. The van der Waals surface area contributed by atoms with E-state index in [1.54, 1.807) is 0 Å². The molecule has 13 heteroatoms. The molecule has 2 aliphatic rings. The number of ether oxygens (including phenoxy) is 3. The van der Waals surface area contributed by atoms with Gasteiger partial charge < -0.3 is 39.7 Å². The number of nitrogens with one attached hydrogen (secondary N) is 1. The highest BCUT2D eigenvalue weighted by molar-refractivity contribution is 9.11. The molecule has 6 N–H and O–H groups in total. The average molecular weight is 481 g/mol. The quantitative estimate of drug-likeness (QED) is 0.245. The number of hydrogen-bond donors (Lipinski definition) is 6. The molecule has 0 saturated carbocycles. The largest absolute Gasteiger partial charge is 0.394 e. The van der Waals surface area contributed by atoms with Crippen molar-refractivity contribution in [3.63, 3.8) is 0 Å². The van der Waals surface area contributed by atoms with Gasteiger partial charge in [-0.3, -0.25) is 14.3 Å². The zero-order chi connectivity index (χ0) is 21.3. The molecule has 0 amide bonds. The maximum atomic E-state index is 12.1. The van der Waals surface area contributed by atoms with E-state index < -0.39 is 67.0 Å². The van der Waals surface area contributed by atoms with Crippen LogP contribution in [0.1, 0.15) is 11.8 Å². The predicted molar refractivity (Wildman–Crippen MR) is 98.9 cm³/mol. The molecule has 8 atom stereocenters. The van der Waals surface area contributed by atoms with E-state index in [-0.39, 0.29) is 12.2 Å². The summed E-state index contributed by atoms with van der Waals surface area (Å²) in [5.41, 5.74) is -1.37. The van der Waals surface area contributed by atoms with Crippen molar-refractivity contribution < 1.29 is 39.7 Å². The van der Waals surface area contributed by atoms with Crippen LogP contribution >= 0.6 is 15.9 Å².